The normalized spacial score (nSPS) is 28.9. The Balaban J connectivity index is 1.53. The molecule has 8 nitrogen and oxygen atoms in total. The quantitative estimate of drug-likeness (QED) is 0.761. The molecule has 3 aliphatic rings. The number of piperazine rings is 1. The van der Waals surface area contributed by atoms with Crippen LogP contribution >= 0.6 is 0 Å². The largest absolute Gasteiger partial charge is 0.493 e. The van der Waals surface area contributed by atoms with E-state index in [0.717, 1.165) is 11.3 Å². The summed E-state index contributed by atoms with van der Waals surface area (Å²) in [6.07, 6.45) is 0.351. The lowest BCUT2D eigenvalue weighted by atomic mass is 9.99. The number of rotatable bonds is 2. The van der Waals surface area contributed by atoms with Crippen LogP contribution in [0.3, 0.4) is 0 Å². The van der Waals surface area contributed by atoms with Crippen molar-refractivity contribution in [2.45, 2.75) is 63.4 Å². The number of ether oxygens (including phenoxy) is 2. The third kappa shape index (κ3) is 4.39. The van der Waals surface area contributed by atoms with Gasteiger partial charge in [-0.15, -0.1) is 0 Å². The van der Waals surface area contributed by atoms with Gasteiger partial charge in [0, 0.05) is 37.7 Å². The minimum absolute atomic E-state index is 0.0420. The van der Waals surface area contributed by atoms with Gasteiger partial charge in [0.25, 0.3) is 0 Å². The molecule has 4 rings (SSSR count). The van der Waals surface area contributed by atoms with E-state index >= 15 is 0 Å². The van der Waals surface area contributed by atoms with Gasteiger partial charge in [-0.3, -0.25) is 14.6 Å². The maximum Gasteiger partial charge on any atom is 0.411 e. The van der Waals surface area contributed by atoms with Crippen molar-refractivity contribution >= 4 is 12.0 Å². The van der Waals surface area contributed by atoms with Crippen molar-refractivity contribution in [2.75, 3.05) is 26.2 Å². The summed E-state index contributed by atoms with van der Waals surface area (Å²) in [5.41, 5.74) is 0.301. The first-order valence-corrected chi connectivity index (χ1v) is 10.6. The van der Waals surface area contributed by atoms with Crippen molar-refractivity contribution in [3.05, 3.63) is 29.8 Å². The van der Waals surface area contributed by atoms with Crippen LogP contribution in [-0.2, 0) is 9.53 Å². The van der Waals surface area contributed by atoms with E-state index in [9.17, 15) is 14.7 Å². The van der Waals surface area contributed by atoms with Gasteiger partial charge < -0.3 is 19.9 Å². The van der Waals surface area contributed by atoms with E-state index in [1.807, 2.05) is 45.0 Å². The number of hydrogen-bond donors (Lipinski definition) is 2. The second-order valence-electron chi connectivity index (χ2n) is 9.38. The summed E-state index contributed by atoms with van der Waals surface area (Å²) < 4.78 is 11.3. The fourth-order valence-corrected chi connectivity index (χ4v) is 4.55. The maximum atomic E-state index is 13.3. The predicted molar refractivity (Wildman–Crippen MR) is 110 cm³/mol. The van der Waals surface area contributed by atoms with Crippen LogP contribution < -0.4 is 10.1 Å². The number of carbonyl (C=O) groups excluding carboxylic acids is 2. The van der Waals surface area contributed by atoms with Crippen LogP contribution in [-0.4, -0.2) is 76.9 Å². The standard InChI is InChI=1S/C22H31N3O5/c1-22(2,3)30-21(28)25-11-14-10-15(26)12-24(14)13-18(25)20(27)23-17-8-9-29-19-7-5-4-6-16(17)19/h4-7,14-15,17-18,26H,8-13H2,1-3H3,(H,23,27)/t14-,15-,17-,18+/m1/s1. The van der Waals surface area contributed by atoms with Crippen LogP contribution in [0.25, 0.3) is 0 Å². The molecule has 2 saturated heterocycles. The van der Waals surface area contributed by atoms with Gasteiger partial charge in [0.2, 0.25) is 5.91 Å². The number of nitrogens with zero attached hydrogens (tertiary/aromatic N) is 2. The lowest BCUT2D eigenvalue weighted by Crippen LogP contribution is -2.63. The Labute approximate surface area is 177 Å². The molecule has 0 radical (unpaired) electrons. The third-order valence-corrected chi connectivity index (χ3v) is 5.90. The molecule has 0 spiro atoms. The van der Waals surface area contributed by atoms with E-state index in [1.54, 1.807) is 0 Å². The van der Waals surface area contributed by atoms with E-state index in [4.69, 9.17) is 9.47 Å². The number of aliphatic hydroxyl groups is 1. The van der Waals surface area contributed by atoms with Crippen molar-refractivity contribution in [3.8, 4) is 5.75 Å². The molecule has 3 heterocycles. The summed E-state index contributed by atoms with van der Waals surface area (Å²) in [6.45, 7) is 7.25. The highest BCUT2D eigenvalue weighted by molar-refractivity contribution is 5.86. The Morgan fingerprint density at radius 3 is 2.73 bits per heavy atom. The fraction of sp³-hybridized carbons (Fsp3) is 0.636. The topological polar surface area (TPSA) is 91.3 Å². The molecule has 8 heteroatoms. The van der Waals surface area contributed by atoms with E-state index < -0.39 is 23.8 Å². The van der Waals surface area contributed by atoms with E-state index in [2.05, 4.69) is 10.2 Å². The van der Waals surface area contributed by atoms with Gasteiger partial charge in [-0.05, 0) is 33.3 Å². The molecule has 1 aromatic carbocycles. The van der Waals surface area contributed by atoms with Crippen molar-refractivity contribution < 1.29 is 24.2 Å². The Hall–Kier alpha value is -2.32. The molecule has 0 aromatic heterocycles. The Morgan fingerprint density at radius 2 is 1.97 bits per heavy atom. The van der Waals surface area contributed by atoms with Gasteiger partial charge in [0.1, 0.15) is 17.4 Å². The van der Waals surface area contributed by atoms with Crippen LogP contribution in [0.5, 0.6) is 5.75 Å². The van der Waals surface area contributed by atoms with Gasteiger partial charge in [-0.25, -0.2) is 4.79 Å². The predicted octanol–water partition coefficient (Wildman–Crippen LogP) is 1.68. The molecule has 0 bridgehead atoms. The lowest BCUT2D eigenvalue weighted by Gasteiger charge is -2.43. The first-order valence-electron chi connectivity index (χ1n) is 10.6. The minimum Gasteiger partial charge on any atom is -0.493 e. The summed E-state index contributed by atoms with van der Waals surface area (Å²) in [6, 6.07) is 6.90. The van der Waals surface area contributed by atoms with Crippen molar-refractivity contribution in [1.29, 1.82) is 0 Å². The number of para-hydroxylation sites is 1. The first-order chi connectivity index (χ1) is 14.2. The summed E-state index contributed by atoms with van der Waals surface area (Å²) in [7, 11) is 0. The number of aliphatic hydroxyl groups excluding tert-OH is 1. The highest BCUT2D eigenvalue weighted by Crippen LogP contribution is 2.32. The van der Waals surface area contributed by atoms with Gasteiger partial charge in [-0.1, -0.05) is 18.2 Å². The molecule has 2 amide bonds. The van der Waals surface area contributed by atoms with E-state index in [1.165, 1.54) is 4.90 Å². The van der Waals surface area contributed by atoms with Crippen LogP contribution in [0.15, 0.2) is 24.3 Å². The highest BCUT2D eigenvalue weighted by Gasteiger charge is 2.45. The number of carbonyl (C=O) groups is 2. The van der Waals surface area contributed by atoms with Gasteiger partial charge in [0.15, 0.2) is 0 Å². The second kappa shape index (κ2) is 8.07. The van der Waals surface area contributed by atoms with E-state index in [0.29, 0.717) is 39.1 Å². The number of amides is 2. The minimum atomic E-state index is -0.670. The van der Waals surface area contributed by atoms with Gasteiger partial charge >= 0.3 is 6.09 Å². The van der Waals surface area contributed by atoms with Crippen LogP contribution in [0.4, 0.5) is 4.79 Å². The average Bonchev–Trinajstić information content (AvgIpc) is 3.05. The molecule has 0 aliphatic carbocycles. The molecule has 164 valence electrons. The maximum absolute atomic E-state index is 13.3. The summed E-state index contributed by atoms with van der Waals surface area (Å²) in [5, 5.41) is 13.2. The number of nitrogens with one attached hydrogen (secondary N) is 1. The van der Waals surface area contributed by atoms with Gasteiger partial charge in [0.05, 0.1) is 18.8 Å². The van der Waals surface area contributed by atoms with E-state index in [-0.39, 0.29) is 18.0 Å². The second-order valence-corrected chi connectivity index (χ2v) is 9.38. The third-order valence-electron chi connectivity index (χ3n) is 5.90. The van der Waals surface area contributed by atoms with Crippen LogP contribution in [0.1, 0.15) is 45.2 Å². The number of hydrogen-bond acceptors (Lipinski definition) is 6. The molecule has 3 aliphatic heterocycles. The molecule has 4 atom stereocenters. The van der Waals surface area contributed by atoms with Crippen LogP contribution in [0, 0.1) is 0 Å². The van der Waals surface area contributed by atoms with Crippen LogP contribution in [0.2, 0.25) is 0 Å². The first kappa shape index (κ1) is 20.9. The lowest BCUT2D eigenvalue weighted by molar-refractivity contribution is -0.130. The summed E-state index contributed by atoms with van der Waals surface area (Å²) >= 11 is 0. The average molecular weight is 418 g/mol. The summed E-state index contributed by atoms with van der Waals surface area (Å²) in [4.78, 5) is 29.9. The Bertz CT molecular complexity index is 808. The van der Waals surface area contributed by atoms with Crippen molar-refractivity contribution in [3.63, 3.8) is 0 Å². The molecule has 1 aromatic rings. The molecular formula is C22H31N3O5. The molecule has 2 fully saturated rings. The number of benzene rings is 1. The zero-order chi connectivity index (χ0) is 21.5. The zero-order valence-electron chi connectivity index (χ0n) is 17.8. The molecule has 0 unspecified atom stereocenters. The zero-order valence-corrected chi connectivity index (χ0v) is 17.8. The fourth-order valence-electron chi connectivity index (χ4n) is 4.55. The van der Waals surface area contributed by atoms with Crippen molar-refractivity contribution in [2.24, 2.45) is 0 Å². The SMILES string of the molecule is CC(C)(C)OC(=O)N1C[C@H]2C[C@@H](O)CN2C[C@H]1C(=O)N[C@@H]1CCOc2ccccc21. The van der Waals surface area contributed by atoms with Crippen molar-refractivity contribution in [1.82, 2.24) is 15.1 Å². The Morgan fingerprint density at radius 1 is 1.20 bits per heavy atom. The monoisotopic (exact) mass is 417 g/mol. The molecular weight excluding hydrogens is 386 g/mol. The van der Waals surface area contributed by atoms with Gasteiger partial charge in [-0.2, -0.15) is 0 Å². The highest BCUT2D eigenvalue weighted by atomic mass is 16.6. The molecule has 2 N–H and O–H groups in total. The molecule has 30 heavy (non-hydrogen) atoms. The Kier molecular flexibility index (Phi) is 5.63. The molecule has 0 saturated carbocycles. The smallest absolute Gasteiger partial charge is 0.411 e. The summed E-state index contributed by atoms with van der Waals surface area (Å²) in [5.74, 6) is 0.576. The number of fused-ring (bicyclic) bond motifs is 2.